The van der Waals surface area contributed by atoms with Crippen molar-refractivity contribution in [1.29, 1.82) is 5.41 Å². The summed E-state index contributed by atoms with van der Waals surface area (Å²) in [5, 5.41) is 7.71. The monoisotopic (exact) mass is 277 g/mol. The minimum Gasteiger partial charge on any atom is -0.493 e. The van der Waals surface area contributed by atoms with Gasteiger partial charge in [0.2, 0.25) is 0 Å². The molecule has 1 aliphatic rings. The van der Waals surface area contributed by atoms with E-state index < -0.39 is 0 Å². The average molecular weight is 277 g/mol. The van der Waals surface area contributed by atoms with Crippen molar-refractivity contribution in [2.75, 3.05) is 20.8 Å². The lowest BCUT2D eigenvalue weighted by molar-refractivity contribution is 0.215. The summed E-state index contributed by atoms with van der Waals surface area (Å²) in [4.78, 5) is 2.26. The number of nitrogens with zero attached hydrogens (tertiary/aromatic N) is 1. The molecule has 0 saturated carbocycles. The quantitative estimate of drug-likeness (QED) is 0.635. The van der Waals surface area contributed by atoms with Crippen LogP contribution in [0.25, 0.3) is 0 Å². The van der Waals surface area contributed by atoms with Crippen molar-refractivity contribution >= 4 is 5.84 Å². The number of methoxy groups -OCH3 is 2. The predicted octanol–water partition coefficient (Wildman–Crippen LogP) is 1.78. The lowest BCUT2D eigenvalue weighted by Gasteiger charge is -2.34. The summed E-state index contributed by atoms with van der Waals surface area (Å²) in [5.41, 5.74) is 8.22. The molecule has 1 aromatic carbocycles. The fraction of sp³-hybridized carbons (Fsp3) is 0.533. The van der Waals surface area contributed by atoms with Gasteiger partial charge in [0.15, 0.2) is 11.5 Å². The molecular weight excluding hydrogens is 254 g/mol. The summed E-state index contributed by atoms with van der Waals surface area (Å²) in [6.07, 6.45) is 1.80. The minimum atomic E-state index is 0.0243. The highest BCUT2D eigenvalue weighted by atomic mass is 16.5. The standard InChI is InChI=1S/C15H23N3O2/c1-4-12(15(16)17)18-6-5-10-7-13(19-2)14(20-3)8-11(10)9-18/h7-8,12H,4-6,9H2,1-3H3,(H3,16,17). The van der Waals surface area contributed by atoms with Crippen molar-refractivity contribution < 1.29 is 9.47 Å². The molecule has 5 nitrogen and oxygen atoms in total. The third-order valence-corrected chi connectivity index (χ3v) is 3.93. The highest BCUT2D eigenvalue weighted by molar-refractivity contribution is 5.82. The van der Waals surface area contributed by atoms with Crippen molar-refractivity contribution in [3.8, 4) is 11.5 Å². The van der Waals surface area contributed by atoms with Gasteiger partial charge in [0.25, 0.3) is 0 Å². The number of amidine groups is 1. The maximum atomic E-state index is 7.71. The summed E-state index contributed by atoms with van der Waals surface area (Å²) in [6, 6.07) is 4.11. The van der Waals surface area contributed by atoms with Crippen LogP contribution in [-0.4, -0.2) is 37.5 Å². The van der Waals surface area contributed by atoms with Gasteiger partial charge >= 0.3 is 0 Å². The third-order valence-electron chi connectivity index (χ3n) is 3.93. The highest BCUT2D eigenvalue weighted by Gasteiger charge is 2.25. The van der Waals surface area contributed by atoms with E-state index >= 15 is 0 Å². The van der Waals surface area contributed by atoms with E-state index in [-0.39, 0.29) is 11.9 Å². The van der Waals surface area contributed by atoms with E-state index in [0.717, 1.165) is 37.4 Å². The van der Waals surface area contributed by atoms with Gasteiger partial charge in [-0.1, -0.05) is 6.92 Å². The van der Waals surface area contributed by atoms with Gasteiger partial charge in [0.1, 0.15) is 5.84 Å². The number of nitrogens with two attached hydrogens (primary N) is 1. The predicted molar refractivity (Wildman–Crippen MR) is 79.7 cm³/mol. The van der Waals surface area contributed by atoms with Crippen LogP contribution in [0.3, 0.4) is 0 Å². The largest absolute Gasteiger partial charge is 0.493 e. The molecule has 20 heavy (non-hydrogen) atoms. The van der Waals surface area contributed by atoms with Crippen LogP contribution in [0.4, 0.5) is 0 Å². The summed E-state index contributed by atoms with van der Waals surface area (Å²) in [6.45, 7) is 3.78. The zero-order valence-electron chi connectivity index (χ0n) is 12.4. The number of hydrogen-bond acceptors (Lipinski definition) is 4. The first-order valence-electron chi connectivity index (χ1n) is 6.92. The molecule has 0 fully saturated rings. The Balaban J connectivity index is 2.27. The van der Waals surface area contributed by atoms with Gasteiger partial charge in [0.05, 0.1) is 20.3 Å². The van der Waals surface area contributed by atoms with Crippen LogP contribution in [0.2, 0.25) is 0 Å². The topological polar surface area (TPSA) is 71.6 Å². The van der Waals surface area contributed by atoms with Crippen LogP contribution >= 0.6 is 0 Å². The maximum absolute atomic E-state index is 7.71. The molecule has 1 heterocycles. The van der Waals surface area contributed by atoms with E-state index in [0.29, 0.717) is 0 Å². The molecule has 110 valence electrons. The molecule has 0 aliphatic carbocycles. The molecule has 1 aliphatic heterocycles. The van der Waals surface area contributed by atoms with Gasteiger partial charge in [-0.3, -0.25) is 10.3 Å². The van der Waals surface area contributed by atoms with Crippen LogP contribution in [0.15, 0.2) is 12.1 Å². The van der Waals surface area contributed by atoms with Gasteiger partial charge in [-0.15, -0.1) is 0 Å². The van der Waals surface area contributed by atoms with Gasteiger partial charge < -0.3 is 15.2 Å². The molecule has 0 bridgehead atoms. The smallest absolute Gasteiger partial charge is 0.161 e. The Morgan fingerprint density at radius 1 is 1.30 bits per heavy atom. The number of ether oxygens (including phenoxy) is 2. The fourth-order valence-corrected chi connectivity index (χ4v) is 2.85. The van der Waals surface area contributed by atoms with Gasteiger partial charge in [-0.25, -0.2) is 0 Å². The van der Waals surface area contributed by atoms with Crippen molar-refractivity contribution in [2.24, 2.45) is 5.73 Å². The molecule has 5 heteroatoms. The highest BCUT2D eigenvalue weighted by Crippen LogP contribution is 2.33. The fourth-order valence-electron chi connectivity index (χ4n) is 2.85. The lowest BCUT2D eigenvalue weighted by atomic mass is 9.97. The average Bonchev–Trinajstić information content (AvgIpc) is 2.46. The Labute approximate surface area is 120 Å². The van der Waals surface area contributed by atoms with Crippen LogP contribution < -0.4 is 15.2 Å². The molecule has 0 aromatic heterocycles. The zero-order chi connectivity index (χ0) is 14.7. The van der Waals surface area contributed by atoms with Crippen LogP contribution in [0.1, 0.15) is 24.5 Å². The Hall–Kier alpha value is -1.75. The Morgan fingerprint density at radius 2 is 1.90 bits per heavy atom. The number of nitrogens with one attached hydrogen (secondary N) is 1. The number of benzene rings is 1. The third kappa shape index (κ3) is 2.72. The second-order valence-corrected chi connectivity index (χ2v) is 5.08. The van der Waals surface area contributed by atoms with Crippen molar-refractivity contribution in [2.45, 2.75) is 32.4 Å². The van der Waals surface area contributed by atoms with E-state index in [1.54, 1.807) is 14.2 Å². The Bertz CT molecular complexity index is 502. The molecule has 2 rings (SSSR count). The molecule has 0 amide bonds. The normalized spacial score (nSPS) is 16.4. The summed E-state index contributed by atoms with van der Waals surface area (Å²) < 4.78 is 10.7. The SMILES string of the molecule is CCC(C(=N)N)N1CCc2cc(OC)c(OC)cc2C1. The van der Waals surface area contributed by atoms with Crippen LogP contribution in [0, 0.1) is 5.41 Å². The molecule has 1 aromatic rings. The molecular formula is C15H23N3O2. The Morgan fingerprint density at radius 3 is 2.40 bits per heavy atom. The second kappa shape index (κ2) is 6.13. The molecule has 1 unspecified atom stereocenters. The van der Waals surface area contributed by atoms with Gasteiger partial charge in [-0.2, -0.15) is 0 Å². The lowest BCUT2D eigenvalue weighted by Crippen LogP contribution is -2.46. The number of hydrogen-bond donors (Lipinski definition) is 2. The van der Waals surface area contributed by atoms with Gasteiger partial charge in [0, 0.05) is 13.1 Å². The van der Waals surface area contributed by atoms with E-state index in [1.165, 1.54) is 11.1 Å². The number of rotatable bonds is 5. The first kappa shape index (κ1) is 14.7. The maximum Gasteiger partial charge on any atom is 0.161 e. The second-order valence-electron chi connectivity index (χ2n) is 5.08. The number of fused-ring (bicyclic) bond motifs is 1. The van der Waals surface area contributed by atoms with Crippen molar-refractivity contribution in [1.82, 2.24) is 4.90 Å². The van der Waals surface area contributed by atoms with Crippen LogP contribution in [0.5, 0.6) is 11.5 Å². The molecule has 3 N–H and O–H groups in total. The van der Waals surface area contributed by atoms with E-state index in [1.807, 2.05) is 6.07 Å². The van der Waals surface area contributed by atoms with Crippen molar-refractivity contribution in [3.63, 3.8) is 0 Å². The summed E-state index contributed by atoms with van der Waals surface area (Å²) in [5.74, 6) is 1.78. The summed E-state index contributed by atoms with van der Waals surface area (Å²) >= 11 is 0. The first-order chi connectivity index (χ1) is 9.60. The van der Waals surface area contributed by atoms with Gasteiger partial charge in [-0.05, 0) is 36.1 Å². The summed E-state index contributed by atoms with van der Waals surface area (Å²) in [7, 11) is 3.30. The zero-order valence-corrected chi connectivity index (χ0v) is 12.4. The Kier molecular flexibility index (Phi) is 4.49. The van der Waals surface area contributed by atoms with E-state index in [2.05, 4.69) is 17.9 Å². The van der Waals surface area contributed by atoms with Crippen molar-refractivity contribution in [3.05, 3.63) is 23.3 Å². The molecule has 0 spiro atoms. The minimum absolute atomic E-state index is 0.0243. The molecule has 1 atom stereocenters. The van der Waals surface area contributed by atoms with Crippen LogP contribution in [-0.2, 0) is 13.0 Å². The van der Waals surface area contributed by atoms with E-state index in [9.17, 15) is 0 Å². The van der Waals surface area contributed by atoms with E-state index in [4.69, 9.17) is 20.6 Å². The molecule has 0 saturated heterocycles. The first-order valence-corrected chi connectivity index (χ1v) is 6.92. The molecule has 0 radical (unpaired) electrons.